The minimum atomic E-state index is 0.438. The second-order valence-electron chi connectivity index (χ2n) is 7.55. The molecular weight excluding hydrogens is 424 g/mol. The van der Waals surface area contributed by atoms with Crippen molar-refractivity contribution < 1.29 is 4.74 Å². The van der Waals surface area contributed by atoms with E-state index in [2.05, 4.69) is 11.4 Å². The van der Waals surface area contributed by atoms with Crippen LogP contribution in [0.25, 0.3) is 0 Å². The lowest BCUT2D eigenvalue weighted by molar-refractivity contribution is 0.122. The van der Waals surface area contributed by atoms with Crippen LogP contribution in [-0.2, 0) is 6.42 Å². The van der Waals surface area contributed by atoms with Gasteiger partial charge in [-0.05, 0) is 61.4 Å². The van der Waals surface area contributed by atoms with E-state index < -0.39 is 0 Å². The molecular formula is C21H21Cl4NO. The molecule has 2 aliphatic rings. The van der Waals surface area contributed by atoms with Crippen molar-refractivity contribution in [3.05, 3.63) is 62.1 Å². The van der Waals surface area contributed by atoms with Gasteiger partial charge in [-0.3, -0.25) is 0 Å². The fourth-order valence-electron chi connectivity index (χ4n) is 4.46. The maximum Gasteiger partial charge on any atom is 0.120 e. The highest BCUT2D eigenvalue weighted by Gasteiger charge is 2.41. The van der Waals surface area contributed by atoms with Gasteiger partial charge >= 0.3 is 0 Å². The van der Waals surface area contributed by atoms with Crippen LogP contribution in [0.3, 0.4) is 0 Å². The number of ether oxygens (including phenoxy) is 1. The Kier molecular flexibility index (Phi) is 6.11. The summed E-state index contributed by atoms with van der Waals surface area (Å²) in [7, 11) is 0. The molecule has 4 atom stereocenters. The van der Waals surface area contributed by atoms with Crippen molar-refractivity contribution in [3.8, 4) is 5.75 Å². The minimum absolute atomic E-state index is 0.438. The summed E-state index contributed by atoms with van der Waals surface area (Å²) in [6, 6.07) is 12.5. The number of hydrogen-bond donors (Lipinski definition) is 1. The Balaban J connectivity index is 1.48. The van der Waals surface area contributed by atoms with Gasteiger partial charge in [0.05, 0.1) is 26.7 Å². The summed E-state index contributed by atoms with van der Waals surface area (Å²) in [6.07, 6.45) is 4.59. The number of hydrogen-bond acceptors (Lipinski definition) is 2. The predicted molar refractivity (Wildman–Crippen MR) is 114 cm³/mol. The van der Waals surface area contributed by atoms with Gasteiger partial charge in [-0.15, -0.1) is 0 Å². The Hall–Kier alpha value is -0.640. The first-order chi connectivity index (χ1) is 13.0. The summed E-state index contributed by atoms with van der Waals surface area (Å²) in [4.78, 5) is 0. The van der Waals surface area contributed by atoms with E-state index in [9.17, 15) is 0 Å². The molecule has 2 saturated heterocycles. The Bertz CT molecular complexity index is 828. The zero-order chi connectivity index (χ0) is 19.0. The first kappa shape index (κ1) is 19.7. The number of rotatable bonds is 5. The van der Waals surface area contributed by atoms with Gasteiger partial charge in [0.1, 0.15) is 5.75 Å². The van der Waals surface area contributed by atoms with Gasteiger partial charge in [-0.1, -0.05) is 52.5 Å². The molecule has 0 spiro atoms. The van der Waals surface area contributed by atoms with Gasteiger partial charge in [-0.2, -0.15) is 0 Å². The summed E-state index contributed by atoms with van der Waals surface area (Å²) < 4.78 is 6.11. The Labute approximate surface area is 180 Å². The van der Waals surface area contributed by atoms with Gasteiger partial charge in [0.15, 0.2) is 0 Å². The highest BCUT2D eigenvalue weighted by atomic mass is 35.5. The van der Waals surface area contributed by atoms with Crippen LogP contribution in [0.2, 0.25) is 20.1 Å². The van der Waals surface area contributed by atoms with Crippen LogP contribution in [-0.4, -0.2) is 18.7 Å². The van der Waals surface area contributed by atoms with E-state index in [-0.39, 0.29) is 0 Å². The molecule has 4 rings (SSSR count). The second kappa shape index (κ2) is 8.39. The normalized spacial score (nSPS) is 27.0. The van der Waals surface area contributed by atoms with Crippen LogP contribution in [0.5, 0.6) is 5.75 Å². The van der Waals surface area contributed by atoms with Crippen molar-refractivity contribution in [2.45, 2.75) is 37.8 Å². The second-order valence-corrected chi connectivity index (χ2v) is 9.18. The molecule has 6 heteroatoms. The monoisotopic (exact) mass is 443 g/mol. The van der Waals surface area contributed by atoms with Crippen molar-refractivity contribution in [3.63, 3.8) is 0 Å². The maximum absolute atomic E-state index is 6.21. The van der Waals surface area contributed by atoms with Gasteiger partial charge in [0.2, 0.25) is 0 Å². The molecule has 2 aliphatic heterocycles. The van der Waals surface area contributed by atoms with Crippen molar-refractivity contribution >= 4 is 46.4 Å². The number of piperidine rings is 1. The van der Waals surface area contributed by atoms with Crippen LogP contribution in [0, 0.1) is 11.8 Å². The molecule has 0 amide bonds. The third kappa shape index (κ3) is 4.52. The SMILES string of the molecule is Clc1ccc(C[C@@H]2CC3CCC(N3)[C@H]2COc2ccc(Cl)c(Cl)c2)cc1Cl. The van der Waals surface area contributed by atoms with Crippen molar-refractivity contribution in [2.75, 3.05) is 6.61 Å². The zero-order valence-corrected chi connectivity index (χ0v) is 17.8. The molecule has 0 saturated carbocycles. The number of benzene rings is 2. The lowest BCUT2D eigenvalue weighted by atomic mass is 9.78. The molecule has 1 N–H and O–H groups in total. The molecule has 2 aromatic rings. The minimum Gasteiger partial charge on any atom is -0.493 e. The molecule has 0 aliphatic carbocycles. The van der Waals surface area contributed by atoms with Crippen LogP contribution in [0.15, 0.2) is 36.4 Å². The summed E-state index contributed by atoms with van der Waals surface area (Å²) in [5, 5.41) is 6.04. The van der Waals surface area contributed by atoms with E-state index in [1.165, 1.54) is 18.4 Å². The fraction of sp³-hybridized carbons (Fsp3) is 0.429. The Morgan fingerprint density at radius 3 is 2.37 bits per heavy atom. The zero-order valence-electron chi connectivity index (χ0n) is 14.7. The molecule has 2 bridgehead atoms. The van der Waals surface area contributed by atoms with Gasteiger partial charge in [0.25, 0.3) is 0 Å². The molecule has 2 aromatic carbocycles. The number of fused-ring (bicyclic) bond motifs is 2. The third-order valence-electron chi connectivity index (χ3n) is 5.80. The van der Waals surface area contributed by atoms with Crippen LogP contribution >= 0.6 is 46.4 Å². The van der Waals surface area contributed by atoms with E-state index in [1.807, 2.05) is 18.2 Å². The van der Waals surface area contributed by atoms with Crippen molar-refractivity contribution in [1.29, 1.82) is 0 Å². The van der Waals surface area contributed by atoms with E-state index in [0.29, 0.717) is 50.6 Å². The Morgan fingerprint density at radius 1 is 0.889 bits per heavy atom. The molecule has 2 heterocycles. The summed E-state index contributed by atoms with van der Waals surface area (Å²) in [6.45, 7) is 0.661. The predicted octanol–water partition coefficient (Wildman–Crippen LogP) is 6.68. The van der Waals surface area contributed by atoms with Gasteiger partial charge < -0.3 is 10.1 Å². The maximum atomic E-state index is 6.21. The molecule has 27 heavy (non-hydrogen) atoms. The van der Waals surface area contributed by atoms with E-state index in [4.69, 9.17) is 51.1 Å². The molecule has 144 valence electrons. The average Bonchev–Trinajstić information content (AvgIpc) is 3.03. The fourth-order valence-corrected chi connectivity index (χ4v) is 5.07. The summed E-state index contributed by atoms with van der Waals surface area (Å²) >= 11 is 24.4. The van der Waals surface area contributed by atoms with Crippen LogP contribution in [0.1, 0.15) is 24.8 Å². The first-order valence-corrected chi connectivity index (χ1v) is 10.8. The molecule has 0 aromatic heterocycles. The topological polar surface area (TPSA) is 21.3 Å². The van der Waals surface area contributed by atoms with E-state index in [0.717, 1.165) is 18.6 Å². The van der Waals surface area contributed by atoms with Crippen molar-refractivity contribution in [1.82, 2.24) is 5.32 Å². The van der Waals surface area contributed by atoms with Crippen LogP contribution < -0.4 is 10.1 Å². The summed E-state index contributed by atoms with van der Waals surface area (Å²) in [5.74, 6) is 1.74. The standard InChI is InChI=1S/C21H21Cl4NO/c22-17-4-1-12(8-19(17)24)7-13-9-14-2-6-21(26-14)16(13)11-27-15-3-5-18(23)20(25)10-15/h1,3-5,8,10,13-14,16,21,26H,2,6-7,9,11H2/t13-,14?,16+,21?/m1/s1. The molecule has 2 nitrogen and oxygen atoms in total. The lowest BCUT2D eigenvalue weighted by Gasteiger charge is -2.37. The number of nitrogens with one attached hydrogen (secondary N) is 1. The van der Waals surface area contributed by atoms with Gasteiger partial charge in [-0.25, -0.2) is 0 Å². The smallest absolute Gasteiger partial charge is 0.120 e. The first-order valence-electron chi connectivity index (χ1n) is 9.27. The molecule has 2 fully saturated rings. The van der Waals surface area contributed by atoms with Crippen molar-refractivity contribution in [2.24, 2.45) is 11.8 Å². The molecule has 2 unspecified atom stereocenters. The van der Waals surface area contributed by atoms with E-state index in [1.54, 1.807) is 12.1 Å². The highest BCUT2D eigenvalue weighted by Crippen LogP contribution is 2.39. The highest BCUT2D eigenvalue weighted by molar-refractivity contribution is 6.42. The largest absolute Gasteiger partial charge is 0.493 e. The average molecular weight is 445 g/mol. The van der Waals surface area contributed by atoms with Gasteiger partial charge in [0, 0.05) is 24.1 Å². The quantitative estimate of drug-likeness (QED) is 0.555. The Morgan fingerprint density at radius 2 is 1.63 bits per heavy atom. The van der Waals surface area contributed by atoms with E-state index >= 15 is 0 Å². The van der Waals surface area contributed by atoms with Crippen LogP contribution in [0.4, 0.5) is 0 Å². The summed E-state index contributed by atoms with van der Waals surface area (Å²) in [5.41, 5.74) is 1.23. The number of halogens is 4. The lowest BCUT2D eigenvalue weighted by Crippen LogP contribution is -2.48. The molecule has 0 radical (unpaired) electrons. The third-order valence-corrected chi connectivity index (χ3v) is 7.28.